The molecule has 1 atom stereocenters. The Hall–Kier alpha value is -4.45. The van der Waals surface area contributed by atoms with Gasteiger partial charge in [0, 0.05) is 19.3 Å². The third kappa shape index (κ3) is 66.4. The van der Waals surface area contributed by atoms with E-state index in [1.807, 2.05) is 0 Å². The molecule has 0 heterocycles. The smallest absolute Gasteiger partial charge is 0.306 e. The van der Waals surface area contributed by atoms with Crippen LogP contribution in [0.2, 0.25) is 0 Å². The Balaban J connectivity index is 4.28. The number of unbranched alkanes of at least 4 members (excludes halogenated alkanes) is 28. The van der Waals surface area contributed by atoms with Crippen LogP contribution >= 0.6 is 0 Å². The number of hydrogen-bond acceptors (Lipinski definition) is 6. The third-order valence-corrected chi connectivity index (χ3v) is 14.3. The predicted molar refractivity (Wildman–Crippen MR) is 357 cm³/mol. The average Bonchev–Trinajstić information content (AvgIpc) is 3.48. The van der Waals surface area contributed by atoms with Gasteiger partial charge in [0.25, 0.3) is 0 Å². The highest BCUT2D eigenvalue weighted by molar-refractivity contribution is 5.71. The van der Waals surface area contributed by atoms with Crippen LogP contribution in [0.1, 0.15) is 310 Å². The van der Waals surface area contributed by atoms with Crippen LogP contribution in [0.4, 0.5) is 0 Å². The Labute approximate surface area is 506 Å². The molecule has 0 aliphatic rings. The second kappa shape index (κ2) is 69.0. The summed E-state index contributed by atoms with van der Waals surface area (Å²) in [6.07, 6.45) is 97.6. The summed E-state index contributed by atoms with van der Waals surface area (Å²) in [5.41, 5.74) is 0. The van der Waals surface area contributed by atoms with Crippen LogP contribution < -0.4 is 0 Å². The van der Waals surface area contributed by atoms with E-state index in [1.54, 1.807) is 0 Å². The van der Waals surface area contributed by atoms with Gasteiger partial charge < -0.3 is 14.2 Å². The molecule has 0 saturated carbocycles. The standard InChI is InChI=1S/C76H126O6/c1-4-7-10-13-16-19-22-24-26-28-30-32-34-36-37-38-39-41-42-44-46-48-50-52-54-57-60-63-66-69-75(78)81-72-73(71-80-74(77)68-65-62-59-56-21-18-15-12-9-6-3)82-76(79)70-67-64-61-58-55-53-51-49-47-45-43-40-35-33-31-29-27-25-23-20-17-14-11-8-5-2/h7,10,12,15-16,19,23-26,29-32,35-37,39-41,44,46,73H,4-6,8-9,11,13-14,17-18,20-22,27-28,33-34,38,42-43,45,47-72H2,1-3H3/b10-7-,15-12-,19-16-,25-23-,26-24-,31-29-,32-30-,37-36-,40-35-,41-39-,46-44-. The van der Waals surface area contributed by atoms with Crippen molar-refractivity contribution < 1.29 is 28.6 Å². The molecule has 6 nitrogen and oxygen atoms in total. The lowest BCUT2D eigenvalue weighted by Crippen LogP contribution is -2.30. The molecular weight excluding hydrogens is 1010 g/mol. The second-order valence-electron chi connectivity index (χ2n) is 22.3. The van der Waals surface area contributed by atoms with Gasteiger partial charge in [-0.3, -0.25) is 14.4 Å². The molecule has 0 saturated heterocycles. The highest BCUT2D eigenvalue weighted by atomic mass is 16.6. The molecule has 466 valence electrons. The zero-order valence-corrected chi connectivity index (χ0v) is 53.5. The van der Waals surface area contributed by atoms with Gasteiger partial charge in [-0.15, -0.1) is 0 Å². The van der Waals surface area contributed by atoms with Crippen molar-refractivity contribution in [2.24, 2.45) is 0 Å². The molecule has 0 aliphatic heterocycles. The summed E-state index contributed by atoms with van der Waals surface area (Å²) in [4.78, 5) is 38.3. The van der Waals surface area contributed by atoms with E-state index in [9.17, 15) is 14.4 Å². The minimum absolute atomic E-state index is 0.0901. The molecular formula is C76H126O6. The summed E-state index contributed by atoms with van der Waals surface area (Å²) in [7, 11) is 0. The van der Waals surface area contributed by atoms with Crippen molar-refractivity contribution in [2.75, 3.05) is 13.2 Å². The molecule has 0 N–H and O–H groups in total. The topological polar surface area (TPSA) is 78.9 Å². The van der Waals surface area contributed by atoms with Gasteiger partial charge in [-0.25, -0.2) is 0 Å². The maximum Gasteiger partial charge on any atom is 0.306 e. The number of rotatable bonds is 61. The van der Waals surface area contributed by atoms with E-state index < -0.39 is 6.10 Å². The quantitative estimate of drug-likeness (QED) is 0.0261. The molecule has 0 bridgehead atoms. The maximum atomic E-state index is 12.9. The zero-order chi connectivity index (χ0) is 59.2. The van der Waals surface area contributed by atoms with E-state index in [-0.39, 0.29) is 31.1 Å². The molecule has 1 unspecified atom stereocenters. The highest BCUT2D eigenvalue weighted by Crippen LogP contribution is 2.16. The van der Waals surface area contributed by atoms with Crippen molar-refractivity contribution in [3.63, 3.8) is 0 Å². The fourth-order valence-electron chi connectivity index (χ4n) is 9.26. The van der Waals surface area contributed by atoms with Crippen LogP contribution in [-0.2, 0) is 28.6 Å². The molecule has 0 aromatic rings. The van der Waals surface area contributed by atoms with Crippen molar-refractivity contribution >= 4 is 17.9 Å². The Morgan fingerprint density at radius 3 is 0.805 bits per heavy atom. The summed E-state index contributed by atoms with van der Waals surface area (Å²) in [6, 6.07) is 0. The Bertz CT molecular complexity index is 1730. The average molecular weight is 1140 g/mol. The minimum atomic E-state index is -0.794. The lowest BCUT2D eigenvalue weighted by atomic mass is 10.0. The molecule has 0 aromatic carbocycles. The van der Waals surface area contributed by atoms with Gasteiger partial charge in [0.15, 0.2) is 6.10 Å². The van der Waals surface area contributed by atoms with Gasteiger partial charge in [0.1, 0.15) is 13.2 Å². The summed E-state index contributed by atoms with van der Waals surface area (Å²) in [5.74, 6) is -0.911. The largest absolute Gasteiger partial charge is 0.462 e. The van der Waals surface area contributed by atoms with E-state index in [1.165, 1.54) is 128 Å². The van der Waals surface area contributed by atoms with Crippen molar-refractivity contribution in [3.8, 4) is 0 Å². The first-order valence-corrected chi connectivity index (χ1v) is 34.2. The van der Waals surface area contributed by atoms with Crippen molar-refractivity contribution in [3.05, 3.63) is 134 Å². The Kier molecular flexibility index (Phi) is 65.3. The molecule has 0 aliphatic carbocycles. The number of hydrogen-bond donors (Lipinski definition) is 0. The monoisotopic (exact) mass is 1130 g/mol. The second-order valence-corrected chi connectivity index (χ2v) is 22.3. The van der Waals surface area contributed by atoms with Crippen molar-refractivity contribution in [1.29, 1.82) is 0 Å². The molecule has 0 fully saturated rings. The summed E-state index contributed by atoms with van der Waals surface area (Å²) >= 11 is 0. The number of carbonyl (C=O) groups is 3. The number of ether oxygens (including phenoxy) is 3. The lowest BCUT2D eigenvalue weighted by Gasteiger charge is -2.18. The normalized spacial score (nSPS) is 13.0. The molecule has 0 radical (unpaired) electrons. The third-order valence-electron chi connectivity index (χ3n) is 14.3. The number of allylic oxidation sites excluding steroid dienone is 22. The van der Waals surface area contributed by atoms with Crippen LogP contribution in [0.3, 0.4) is 0 Å². The Morgan fingerprint density at radius 1 is 0.256 bits per heavy atom. The van der Waals surface area contributed by atoms with Gasteiger partial charge in [0.2, 0.25) is 0 Å². The van der Waals surface area contributed by atoms with E-state index in [2.05, 4.69) is 154 Å². The zero-order valence-electron chi connectivity index (χ0n) is 53.5. The first kappa shape index (κ1) is 77.5. The van der Waals surface area contributed by atoms with Gasteiger partial charge in [0.05, 0.1) is 0 Å². The number of carbonyl (C=O) groups excluding carboxylic acids is 3. The molecule has 0 rings (SSSR count). The fraction of sp³-hybridized carbons (Fsp3) is 0.671. The first-order valence-electron chi connectivity index (χ1n) is 34.2. The highest BCUT2D eigenvalue weighted by Gasteiger charge is 2.19. The summed E-state index contributed by atoms with van der Waals surface area (Å²) < 4.78 is 16.9. The molecule has 82 heavy (non-hydrogen) atoms. The van der Waals surface area contributed by atoms with Crippen LogP contribution in [-0.4, -0.2) is 37.2 Å². The molecule has 0 amide bonds. The Morgan fingerprint density at radius 2 is 0.500 bits per heavy atom. The van der Waals surface area contributed by atoms with Crippen LogP contribution in [0, 0.1) is 0 Å². The predicted octanol–water partition coefficient (Wildman–Crippen LogP) is 23.7. The van der Waals surface area contributed by atoms with Gasteiger partial charge in [-0.05, 0) is 135 Å². The van der Waals surface area contributed by atoms with E-state index in [0.717, 1.165) is 141 Å². The van der Waals surface area contributed by atoms with Crippen LogP contribution in [0.25, 0.3) is 0 Å². The van der Waals surface area contributed by atoms with E-state index in [4.69, 9.17) is 14.2 Å². The van der Waals surface area contributed by atoms with E-state index >= 15 is 0 Å². The van der Waals surface area contributed by atoms with Gasteiger partial charge >= 0.3 is 17.9 Å². The van der Waals surface area contributed by atoms with Crippen LogP contribution in [0.5, 0.6) is 0 Å². The molecule has 6 heteroatoms. The first-order chi connectivity index (χ1) is 40.5. The molecule has 0 spiro atoms. The maximum absolute atomic E-state index is 12.9. The fourth-order valence-corrected chi connectivity index (χ4v) is 9.26. The lowest BCUT2D eigenvalue weighted by molar-refractivity contribution is -0.167. The van der Waals surface area contributed by atoms with Crippen molar-refractivity contribution in [1.82, 2.24) is 0 Å². The summed E-state index contributed by atoms with van der Waals surface area (Å²) in [5, 5.41) is 0. The minimum Gasteiger partial charge on any atom is -0.462 e. The van der Waals surface area contributed by atoms with Gasteiger partial charge in [-0.2, -0.15) is 0 Å². The molecule has 0 aromatic heterocycles. The SMILES string of the molecule is CC/C=C\C/C=C\C/C=C\C/C=C\C/C=C\C/C=C\C/C=C\CCCCCCCCCC(=O)OCC(COC(=O)CCCCCCC/C=C\CCC)OC(=O)CCCCCCCCCCCC/C=C\C/C=C\C/C=C\CCCCCCC. The van der Waals surface area contributed by atoms with Crippen LogP contribution in [0.15, 0.2) is 134 Å². The van der Waals surface area contributed by atoms with Crippen molar-refractivity contribution in [2.45, 2.75) is 316 Å². The number of esters is 3. The van der Waals surface area contributed by atoms with Gasteiger partial charge in [-0.1, -0.05) is 289 Å². The van der Waals surface area contributed by atoms with E-state index in [0.29, 0.717) is 19.3 Å². The summed E-state index contributed by atoms with van der Waals surface area (Å²) in [6.45, 7) is 6.45.